The smallest absolute Gasteiger partial charge is 0.230 e. The van der Waals surface area contributed by atoms with Crippen molar-refractivity contribution in [1.29, 1.82) is 0 Å². The van der Waals surface area contributed by atoms with Crippen molar-refractivity contribution >= 4 is 41.2 Å². The molecule has 0 radical (unpaired) electrons. The fourth-order valence-electron chi connectivity index (χ4n) is 1.82. The van der Waals surface area contributed by atoms with E-state index in [2.05, 4.69) is 20.3 Å². The first kappa shape index (κ1) is 18.3. The number of anilines is 2. The molecule has 9 heteroatoms. The molecule has 0 aliphatic heterocycles. The van der Waals surface area contributed by atoms with Gasteiger partial charge >= 0.3 is 0 Å². The SMILES string of the molecule is CN(C)c1nc(N)nc(CSCC(=O)NCc2cccc(Cl)c2)n1. The molecule has 0 fully saturated rings. The Morgan fingerprint density at radius 3 is 2.83 bits per heavy atom. The number of nitrogens with one attached hydrogen (secondary N) is 1. The Labute approximate surface area is 150 Å². The van der Waals surface area contributed by atoms with Gasteiger partial charge in [-0.3, -0.25) is 4.79 Å². The second-order valence-corrected chi connectivity index (χ2v) is 6.63. The number of carbonyl (C=O) groups is 1. The molecule has 7 nitrogen and oxygen atoms in total. The number of nitrogens with zero attached hydrogens (tertiary/aromatic N) is 4. The van der Waals surface area contributed by atoms with E-state index >= 15 is 0 Å². The molecule has 0 bridgehead atoms. The van der Waals surface area contributed by atoms with Crippen molar-refractivity contribution in [2.75, 3.05) is 30.5 Å². The van der Waals surface area contributed by atoms with Crippen LogP contribution in [0.3, 0.4) is 0 Å². The number of hydrogen-bond donors (Lipinski definition) is 2. The van der Waals surface area contributed by atoms with Gasteiger partial charge in [0, 0.05) is 25.7 Å². The van der Waals surface area contributed by atoms with E-state index in [1.807, 2.05) is 32.3 Å². The van der Waals surface area contributed by atoms with Crippen LogP contribution in [-0.4, -0.2) is 40.7 Å². The molecule has 0 spiro atoms. The summed E-state index contributed by atoms with van der Waals surface area (Å²) in [5.74, 6) is 1.97. The van der Waals surface area contributed by atoms with Gasteiger partial charge in [0.25, 0.3) is 0 Å². The monoisotopic (exact) mass is 366 g/mol. The molecule has 1 aromatic heterocycles. The standard InChI is InChI=1S/C15H19ClN6OS/c1-22(2)15-20-12(19-14(17)21-15)8-24-9-13(23)18-7-10-4-3-5-11(16)6-10/h3-6H,7-9H2,1-2H3,(H,18,23)(H2,17,19,20,21). The largest absolute Gasteiger partial charge is 0.368 e. The maximum Gasteiger partial charge on any atom is 0.230 e. The first-order valence-electron chi connectivity index (χ1n) is 7.20. The summed E-state index contributed by atoms with van der Waals surface area (Å²) in [4.78, 5) is 26.0. The van der Waals surface area contributed by atoms with Gasteiger partial charge in [-0.05, 0) is 17.7 Å². The van der Waals surface area contributed by atoms with Crippen LogP contribution >= 0.6 is 23.4 Å². The van der Waals surface area contributed by atoms with Crippen molar-refractivity contribution in [2.24, 2.45) is 0 Å². The lowest BCUT2D eigenvalue weighted by molar-refractivity contribution is -0.118. The van der Waals surface area contributed by atoms with Gasteiger partial charge in [0.15, 0.2) is 0 Å². The van der Waals surface area contributed by atoms with Crippen molar-refractivity contribution in [3.8, 4) is 0 Å². The Bertz CT molecular complexity index is 712. The topological polar surface area (TPSA) is 97.0 Å². The van der Waals surface area contributed by atoms with E-state index in [-0.39, 0.29) is 11.9 Å². The third-order valence-corrected chi connectivity index (χ3v) is 4.09. The molecule has 0 atom stereocenters. The van der Waals surface area contributed by atoms with Gasteiger partial charge in [-0.25, -0.2) is 0 Å². The molecule has 0 aliphatic rings. The van der Waals surface area contributed by atoms with Crippen LogP contribution in [0.25, 0.3) is 0 Å². The highest BCUT2D eigenvalue weighted by Crippen LogP contribution is 2.13. The molecule has 1 amide bonds. The second-order valence-electron chi connectivity index (χ2n) is 5.20. The van der Waals surface area contributed by atoms with Crippen LogP contribution in [0.5, 0.6) is 0 Å². The van der Waals surface area contributed by atoms with E-state index in [9.17, 15) is 4.79 Å². The summed E-state index contributed by atoms with van der Waals surface area (Å²) in [6, 6.07) is 7.39. The van der Waals surface area contributed by atoms with Crippen molar-refractivity contribution in [3.05, 3.63) is 40.7 Å². The molecule has 24 heavy (non-hydrogen) atoms. The minimum absolute atomic E-state index is 0.0603. The van der Waals surface area contributed by atoms with Crippen molar-refractivity contribution in [3.63, 3.8) is 0 Å². The van der Waals surface area contributed by atoms with Gasteiger partial charge in [0.2, 0.25) is 17.8 Å². The lowest BCUT2D eigenvalue weighted by Crippen LogP contribution is -2.24. The van der Waals surface area contributed by atoms with Crippen molar-refractivity contribution < 1.29 is 4.79 Å². The molecule has 0 saturated carbocycles. The number of benzene rings is 1. The molecule has 128 valence electrons. The van der Waals surface area contributed by atoms with Crippen LogP contribution < -0.4 is 16.0 Å². The van der Waals surface area contributed by atoms with Crippen LogP contribution in [-0.2, 0) is 17.1 Å². The van der Waals surface area contributed by atoms with Crippen molar-refractivity contribution in [2.45, 2.75) is 12.3 Å². The van der Waals surface area contributed by atoms with E-state index in [4.69, 9.17) is 17.3 Å². The highest BCUT2D eigenvalue weighted by Gasteiger charge is 2.08. The van der Waals surface area contributed by atoms with Crippen LogP contribution in [0.15, 0.2) is 24.3 Å². The number of thioether (sulfide) groups is 1. The van der Waals surface area contributed by atoms with Gasteiger partial charge < -0.3 is 16.0 Å². The molecule has 2 aromatic rings. The van der Waals surface area contributed by atoms with E-state index in [1.165, 1.54) is 11.8 Å². The number of rotatable bonds is 7. The fraction of sp³-hybridized carbons (Fsp3) is 0.333. The van der Waals surface area contributed by atoms with E-state index in [0.29, 0.717) is 34.8 Å². The van der Waals surface area contributed by atoms with E-state index < -0.39 is 0 Å². The molecule has 0 unspecified atom stereocenters. The minimum atomic E-state index is -0.0603. The second kappa shape index (κ2) is 8.70. The molecular formula is C15H19ClN6OS. The molecule has 1 aromatic carbocycles. The number of nitrogen functional groups attached to an aromatic ring is 1. The summed E-state index contributed by atoms with van der Waals surface area (Å²) in [6.07, 6.45) is 0. The number of halogens is 1. The fourth-order valence-corrected chi connectivity index (χ4v) is 2.74. The summed E-state index contributed by atoms with van der Waals surface area (Å²) in [7, 11) is 3.66. The Balaban J connectivity index is 1.78. The van der Waals surface area contributed by atoms with E-state index in [1.54, 1.807) is 11.0 Å². The summed E-state index contributed by atoms with van der Waals surface area (Å²) >= 11 is 7.33. The molecule has 0 saturated heterocycles. The highest BCUT2D eigenvalue weighted by atomic mass is 35.5. The summed E-state index contributed by atoms with van der Waals surface area (Å²) in [5.41, 5.74) is 6.62. The van der Waals surface area contributed by atoms with Crippen LogP contribution in [0, 0.1) is 0 Å². The number of nitrogens with two attached hydrogens (primary N) is 1. The van der Waals surface area contributed by atoms with Gasteiger partial charge in [-0.1, -0.05) is 23.7 Å². The maximum absolute atomic E-state index is 11.9. The maximum atomic E-state index is 11.9. The Morgan fingerprint density at radius 2 is 2.12 bits per heavy atom. The average Bonchev–Trinajstić information content (AvgIpc) is 2.52. The van der Waals surface area contributed by atoms with Crippen molar-refractivity contribution in [1.82, 2.24) is 20.3 Å². The average molecular weight is 367 g/mol. The lowest BCUT2D eigenvalue weighted by atomic mass is 10.2. The Morgan fingerprint density at radius 1 is 1.33 bits per heavy atom. The molecule has 1 heterocycles. The quantitative estimate of drug-likeness (QED) is 0.770. The zero-order chi connectivity index (χ0) is 17.5. The Kier molecular flexibility index (Phi) is 6.62. The zero-order valence-corrected chi connectivity index (χ0v) is 15.1. The first-order valence-corrected chi connectivity index (χ1v) is 8.74. The van der Waals surface area contributed by atoms with Gasteiger partial charge in [0.1, 0.15) is 5.82 Å². The predicted octanol–water partition coefficient (Wildman–Crippen LogP) is 1.72. The van der Waals surface area contributed by atoms with E-state index in [0.717, 1.165) is 5.56 Å². The molecule has 2 rings (SSSR count). The van der Waals surface area contributed by atoms with Gasteiger partial charge in [-0.2, -0.15) is 15.0 Å². The number of aromatic nitrogens is 3. The number of amides is 1. The lowest BCUT2D eigenvalue weighted by Gasteiger charge is -2.11. The number of hydrogen-bond acceptors (Lipinski definition) is 7. The predicted molar refractivity (Wildman–Crippen MR) is 98.0 cm³/mol. The van der Waals surface area contributed by atoms with Crippen LogP contribution in [0.1, 0.15) is 11.4 Å². The van der Waals surface area contributed by atoms with Crippen LogP contribution in [0.4, 0.5) is 11.9 Å². The van der Waals surface area contributed by atoms with Gasteiger partial charge in [-0.15, -0.1) is 11.8 Å². The summed E-state index contributed by atoms with van der Waals surface area (Å²) in [5, 5.41) is 3.50. The first-order chi connectivity index (χ1) is 11.4. The number of carbonyl (C=O) groups excluding carboxylic acids is 1. The normalized spacial score (nSPS) is 10.5. The molecule has 0 aliphatic carbocycles. The summed E-state index contributed by atoms with van der Waals surface area (Å²) < 4.78 is 0. The minimum Gasteiger partial charge on any atom is -0.368 e. The molecular weight excluding hydrogens is 348 g/mol. The summed E-state index contributed by atoms with van der Waals surface area (Å²) in [6.45, 7) is 0.448. The Hall–Kier alpha value is -2.06. The third kappa shape index (κ3) is 5.86. The third-order valence-electron chi connectivity index (χ3n) is 2.93. The zero-order valence-electron chi connectivity index (χ0n) is 13.5. The van der Waals surface area contributed by atoms with Crippen LogP contribution in [0.2, 0.25) is 5.02 Å². The van der Waals surface area contributed by atoms with Gasteiger partial charge in [0.05, 0.1) is 11.5 Å². The molecule has 3 N–H and O–H groups in total. The highest BCUT2D eigenvalue weighted by molar-refractivity contribution is 7.99.